The van der Waals surface area contributed by atoms with Crippen LogP contribution in [-0.4, -0.2) is 29.5 Å². The van der Waals surface area contributed by atoms with Gasteiger partial charge in [0.1, 0.15) is 0 Å². The zero-order chi connectivity index (χ0) is 21.3. The van der Waals surface area contributed by atoms with Gasteiger partial charge in [0.15, 0.2) is 17.7 Å². The van der Waals surface area contributed by atoms with Crippen molar-refractivity contribution in [2.24, 2.45) is 5.92 Å². The number of carbonyl (C=O) groups excluding carboxylic acids is 4. The first-order chi connectivity index (χ1) is 14.5. The van der Waals surface area contributed by atoms with E-state index in [1.54, 1.807) is 30.3 Å². The molecule has 1 amide bonds. The molecule has 0 bridgehead atoms. The highest BCUT2D eigenvalue weighted by Gasteiger charge is 2.30. The first-order valence-electron chi connectivity index (χ1n) is 9.94. The number of amides is 1. The van der Waals surface area contributed by atoms with Crippen LogP contribution in [0.2, 0.25) is 0 Å². The number of hydrogen-bond donors (Lipinski definition) is 1. The molecule has 1 N–H and O–H groups in total. The number of carbonyl (C=O) groups is 4. The number of allylic oxidation sites excluding steroid dienone is 2. The summed E-state index contributed by atoms with van der Waals surface area (Å²) in [5.74, 6) is -1.59. The summed E-state index contributed by atoms with van der Waals surface area (Å²) in [5, 5.41) is 2.67. The number of nitrogens with one attached hydrogen (secondary N) is 1. The maximum atomic E-state index is 12.8. The quantitative estimate of drug-likeness (QED) is 0.530. The molecule has 0 spiro atoms. The second-order valence-corrected chi connectivity index (χ2v) is 7.51. The average molecular weight is 403 g/mol. The van der Waals surface area contributed by atoms with Gasteiger partial charge in [-0.2, -0.15) is 0 Å². The Balaban J connectivity index is 1.47. The maximum absolute atomic E-state index is 12.8. The van der Waals surface area contributed by atoms with Gasteiger partial charge in [-0.3, -0.25) is 19.2 Å². The molecule has 0 saturated carbocycles. The second-order valence-electron chi connectivity index (χ2n) is 7.51. The lowest BCUT2D eigenvalue weighted by atomic mass is 9.84. The predicted molar refractivity (Wildman–Crippen MR) is 110 cm³/mol. The minimum absolute atomic E-state index is 0.220. The fraction of sp³-hybridized carbons (Fsp3) is 0.250. The third-order valence-corrected chi connectivity index (χ3v) is 5.46. The third-order valence-electron chi connectivity index (χ3n) is 5.46. The maximum Gasteiger partial charge on any atom is 0.310 e. The van der Waals surface area contributed by atoms with Crippen molar-refractivity contribution in [2.45, 2.75) is 32.3 Å². The molecule has 2 aromatic rings. The molecule has 2 aliphatic rings. The van der Waals surface area contributed by atoms with Gasteiger partial charge in [0, 0.05) is 27.9 Å². The number of ketones is 2. The van der Waals surface area contributed by atoms with Crippen molar-refractivity contribution in [1.29, 1.82) is 0 Å². The van der Waals surface area contributed by atoms with Gasteiger partial charge >= 0.3 is 5.97 Å². The van der Waals surface area contributed by atoms with Gasteiger partial charge in [-0.15, -0.1) is 0 Å². The molecule has 6 nitrogen and oxygen atoms in total. The van der Waals surface area contributed by atoms with Crippen LogP contribution in [0.1, 0.15) is 58.0 Å². The normalized spacial score (nSPS) is 18.2. The Hall–Kier alpha value is -3.54. The SMILES string of the molecule is C[C@H](OC(=O)[C@@H]1CC=CCC1)C(=O)Nc1ccc2c(c1)C(=O)c1ccccc1C2=O. The highest BCUT2D eigenvalue weighted by atomic mass is 16.5. The van der Waals surface area contributed by atoms with Crippen LogP contribution in [0.4, 0.5) is 5.69 Å². The first-order valence-corrected chi connectivity index (χ1v) is 9.94. The summed E-state index contributed by atoms with van der Waals surface area (Å²) in [6, 6.07) is 11.3. The van der Waals surface area contributed by atoms with Crippen LogP contribution in [-0.2, 0) is 14.3 Å². The van der Waals surface area contributed by atoms with Crippen LogP contribution in [0.3, 0.4) is 0 Å². The van der Waals surface area contributed by atoms with Crippen LogP contribution in [0.25, 0.3) is 0 Å². The van der Waals surface area contributed by atoms with E-state index in [2.05, 4.69) is 5.32 Å². The molecule has 0 heterocycles. The minimum atomic E-state index is -0.975. The number of ether oxygens (including phenoxy) is 1. The van der Waals surface area contributed by atoms with Crippen molar-refractivity contribution in [3.8, 4) is 0 Å². The molecule has 4 rings (SSSR count). The lowest BCUT2D eigenvalue weighted by Gasteiger charge is -2.20. The Morgan fingerprint density at radius 2 is 1.63 bits per heavy atom. The molecule has 2 aliphatic carbocycles. The van der Waals surface area contributed by atoms with E-state index in [9.17, 15) is 19.2 Å². The zero-order valence-corrected chi connectivity index (χ0v) is 16.5. The smallest absolute Gasteiger partial charge is 0.310 e. The highest BCUT2D eigenvalue weighted by molar-refractivity contribution is 6.28. The predicted octanol–water partition coefficient (Wildman–Crippen LogP) is 3.69. The molecule has 2 atom stereocenters. The molecule has 6 heteroatoms. The molecule has 152 valence electrons. The Morgan fingerprint density at radius 3 is 2.30 bits per heavy atom. The summed E-state index contributed by atoms with van der Waals surface area (Å²) in [7, 11) is 0. The molecule has 0 fully saturated rings. The van der Waals surface area contributed by atoms with Gasteiger partial charge in [-0.25, -0.2) is 0 Å². The van der Waals surface area contributed by atoms with Gasteiger partial charge in [-0.1, -0.05) is 36.4 Å². The molecule has 0 saturated heterocycles. The fourth-order valence-corrected chi connectivity index (χ4v) is 3.75. The van der Waals surface area contributed by atoms with E-state index in [0.29, 0.717) is 35.2 Å². The largest absolute Gasteiger partial charge is 0.452 e. The van der Waals surface area contributed by atoms with E-state index in [1.807, 2.05) is 12.2 Å². The number of fused-ring (bicyclic) bond motifs is 2. The lowest BCUT2D eigenvalue weighted by molar-refractivity contribution is -0.157. The molecule has 2 aromatic carbocycles. The summed E-state index contributed by atoms with van der Waals surface area (Å²) < 4.78 is 5.32. The summed E-state index contributed by atoms with van der Waals surface area (Å²) in [6.45, 7) is 1.51. The lowest BCUT2D eigenvalue weighted by Crippen LogP contribution is -2.32. The van der Waals surface area contributed by atoms with Crippen molar-refractivity contribution in [3.05, 3.63) is 76.9 Å². The topological polar surface area (TPSA) is 89.5 Å². The monoisotopic (exact) mass is 403 g/mol. The first kappa shape index (κ1) is 19.8. The minimum Gasteiger partial charge on any atom is -0.452 e. The van der Waals surface area contributed by atoms with Crippen LogP contribution in [0, 0.1) is 5.92 Å². The Morgan fingerprint density at radius 1 is 0.967 bits per heavy atom. The van der Waals surface area contributed by atoms with Gasteiger partial charge in [0.05, 0.1) is 5.92 Å². The highest BCUT2D eigenvalue weighted by Crippen LogP contribution is 2.29. The molecule has 0 unspecified atom stereocenters. The molecular weight excluding hydrogens is 382 g/mol. The Labute approximate surface area is 173 Å². The standard InChI is InChI=1S/C24H21NO5/c1-14(30-24(29)15-7-3-2-4-8-15)23(28)25-16-11-12-19-20(13-16)22(27)18-10-6-5-9-17(18)21(19)26/h2-3,5-6,9-15H,4,7-8H2,1H3,(H,25,28)/t14-,15+/m0/s1. The number of anilines is 1. The van der Waals surface area contributed by atoms with Crippen molar-refractivity contribution in [1.82, 2.24) is 0 Å². The van der Waals surface area contributed by atoms with E-state index < -0.39 is 12.0 Å². The van der Waals surface area contributed by atoms with Crippen LogP contribution in [0.15, 0.2) is 54.6 Å². The second kappa shape index (κ2) is 8.06. The van der Waals surface area contributed by atoms with Gasteiger partial charge in [0.2, 0.25) is 0 Å². The van der Waals surface area contributed by atoms with E-state index in [4.69, 9.17) is 4.74 Å². The van der Waals surface area contributed by atoms with E-state index in [-0.39, 0.29) is 29.0 Å². The molecule has 0 aromatic heterocycles. The van der Waals surface area contributed by atoms with E-state index in [1.165, 1.54) is 19.1 Å². The van der Waals surface area contributed by atoms with Crippen LogP contribution >= 0.6 is 0 Å². The van der Waals surface area contributed by atoms with Crippen LogP contribution < -0.4 is 5.32 Å². The molecule has 0 aliphatic heterocycles. The van der Waals surface area contributed by atoms with Gasteiger partial charge in [-0.05, 0) is 44.4 Å². The summed E-state index contributed by atoms with van der Waals surface area (Å²) in [6.07, 6.45) is 5.16. The number of hydrogen-bond acceptors (Lipinski definition) is 5. The summed E-state index contributed by atoms with van der Waals surface area (Å²) >= 11 is 0. The fourth-order valence-electron chi connectivity index (χ4n) is 3.75. The Bertz CT molecular complexity index is 1080. The van der Waals surface area contributed by atoms with Crippen molar-refractivity contribution < 1.29 is 23.9 Å². The van der Waals surface area contributed by atoms with Crippen LogP contribution in [0.5, 0.6) is 0 Å². The summed E-state index contributed by atoms with van der Waals surface area (Å²) in [4.78, 5) is 50.2. The Kier molecular flexibility index (Phi) is 5.31. The average Bonchev–Trinajstić information content (AvgIpc) is 2.78. The molecular formula is C24H21NO5. The zero-order valence-electron chi connectivity index (χ0n) is 16.5. The van der Waals surface area contributed by atoms with E-state index >= 15 is 0 Å². The van der Waals surface area contributed by atoms with Gasteiger partial charge in [0.25, 0.3) is 5.91 Å². The molecule has 0 radical (unpaired) electrons. The third kappa shape index (κ3) is 3.68. The summed E-state index contributed by atoms with van der Waals surface area (Å²) in [5.41, 5.74) is 1.65. The van der Waals surface area contributed by atoms with Crippen molar-refractivity contribution in [2.75, 3.05) is 5.32 Å². The van der Waals surface area contributed by atoms with Gasteiger partial charge < -0.3 is 10.1 Å². The molecule has 30 heavy (non-hydrogen) atoms. The van der Waals surface area contributed by atoms with E-state index in [0.717, 1.165) is 6.42 Å². The number of esters is 1. The van der Waals surface area contributed by atoms with Crippen molar-refractivity contribution >= 4 is 29.1 Å². The van der Waals surface area contributed by atoms with Crippen molar-refractivity contribution in [3.63, 3.8) is 0 Å². The number of rotatable bonds is 4. The number of benzene rings is 2.